The number of ether oxygens (including phenoxy) is 4. The standard InChI is InChI=1S/C47H58F2N6O9/c1-8-44-13-9-15-55-17-14-45(37(44)55)31-20-32(35(61-5)21-34(31)53(4)38(45)47(60,41(58)63-7)39(44)64-25(2)56)46(40(57)62-6)22-26-18-27(43(3,48)49)24-54(23-26)16-12-29-30-19-28(51-42(50)59)10-11-33(30)52-36(29)46/h9-11,13,19-21,26-27,37-39,52,60H,8,12,14-18,22-24H2,1-7H3,(H3,50,51,59)/t26?,27?,37?,38?,39-,44-,45?,46-,47+/m0/s1. The van der Waals surface area contributed by atoms with Gasteiger partial charge in [-0.15, -0.1) is 0 Å². The highest BCUT2D eigenvalue weighted by Gasteiger charge is 2.80. The average Bonchev–Trinajstić information content (AvgIpc) is 3.91. The number of halogens is 2. The van der Waals surface area contributed by atoms with E-state index in [9.17, 15) is 19.5 Å². The lowest BCUT2D eigenvalue weighted by atomic mass is 9.47. The number of anilines is 2. The number of aromatic nitrogens is 1. The number of alkyl halides is 2. The van der Waals surface area contributed by atoms with Crippen LogP contribution < -0.4 is 20.7 Å². The Morgan fingerprint density at radius 1 is 1.03 bits per heavy atom. The van der Waals surface area contributed by atoms with Crippen molar-refractivity contribution in [2.24, 2.45) is 23.0 Å². The number of nitrogens with two attached hydrogens (primary N) is 1. The van der Waals surface area contributed by atoms with E-state index in [-0.39, 0.29) is 19.4 Å². The van der Waals surface area contributed by atoms with Crippen LogP contribution in [-0.2, 0) is 45.8 Å². The van der Waals surface area contributed by atoms with Gasteiger partial charge in [0, 0.05) is 103 Å². The highest BCUT2D eigenvalue weighted by molar-refractivity contribution is 5.97. The number of H-pyrrole nitrogens is 1. The predicted octanol–water partition coefficient (Wildman–Crippen LogP) is 4.61. The zero-order valence-electron chi connectivity index (χ0n) is 37.4. The zero-order valence-corrected chi connectivity index (χ0v) is 37.4. The first-order chi connectivity index (χ1) is 30.3. The fraction of sp³-hybridized carbons (Fsp3) is 0.574. The first-order valence-corrected chi connectivity index (χ1v) is 22.1. The molecule has 3 fully saturated rings. The number of rotatable bonds is 8. The number of hydrogen-bond donors (Lipinski definition) is 4. The summed E-state index contributed by atoms with van der Waals surface area (Å²) in [6.07, 6.45) is 4.08. The number of fused-ring (bicyclic) bond motifs is 6. The number of aliphatic hydroxyl groups is 1. The van der Waals surface area contributed by atoms with Crippen LogP contribution in [-0.4, -0.2) is 135 Å². The smallest absolute Gasteiger partial charge is 0.344 e. The predicted molar refractivity (Wildman–Crippen MR) is 233 cm³/mol. The van der Waals surface area contributed by atoms with Crippen molar-refractivity contribution in [1.82, 2.24) is 14.8 Å². The summed E-state index contributed by atoms with van der Waals surface area (Å²) in [5.74, 6) is -6.32. The van der Waals surface area contributed by atoms with Crippen molar-refractivity contribution >= 4 is 46.2 Å². The second-order valence-electron chi connectivity index (χ2n) is 19.0. The summed E-state index contributed by atoms with van der Waals surface area (Å²) < 4.78 is 54.7. The molecule has 1 aliphatic carbocycles. The van der Waals surface area contributed by atoms with Crippen molar-refractivity contribution in [1.29, 1.82) is 0 Å². The fourth-order valence-electron chi connectivity index (χ4n) is 13.7. The molecule has 5 N–H and O–H groups in total. The topological polar surface area (TPSA) is 189 Å². The van der Waals surface area contributed by atoms with Crippen LogP contribution in [0.3, 0.4) is 0 Å². The number of nitrogens with one attached hydrogen (secondary N) is 2. The number of amides is 2. The lowest BCUT2D eigenvalue weighted by molar-refractivity contribution is -0.228. The van der Waals surface area contributed by atoms with E-state index in [0.717, 1.165) is 18.1 Å². The maximum Gasteiger partial charge on any atom is 0.344 e. The van der Waals surface area contributed by atoms with Crippen LogP contribution in [0.5, 0.6) is 5.75 Å². The van der Waals surface area contributed by atoms with Gasteiger partial charge in [0.2, 0.25) is 11.5 Å². The number of piperidine rings is 1. The molecule has 1 saturated carbocycles. The molecule has 5 aliphatic heterocycles. The van der Waals surface area contributed by atoms with E-state index in [0.29, 0.717) is 84.7 Å². The number of carbonyl (C=O) groups excluding carboxylic acids is 4. The molecular formula is C47H58F2N6O9. The van der Waals surface area contributed by atoms with Crippen LogP contribution in [0.4, 0.5) is 25.0 Å². The van der Waals surface area contributed by atoms with Gasteiger partial charge >= 0.3 is 23.9 Å². The van der Waals surface area contributed by atoms with Crippen molar-refractivity contribution < 1.29 is 52.0 Å². The van der Waals surface area contributed by atoms with Crippen molar-refractivity contribution in [2.45, 2.75) is 93.4 Å². The van der Waals surface area contributed by atoms with Gasteiger partial charge in [0.05, 0.1) is 27.4 Å². The number of benzene rings is 2. The van der Waals surface area contributed by atoms with E-state index in [2.05, 4.69) is 20.1 Å². The van der Waals surface area contributed by atoms with Crippen molar-refractivity contribution in [3.63, 3.8) is 0 Å². The molecule has 6 aliphatic rings. The zero-order chi connectivity index (χ0) is 45.9. The van der Waals surface area contributed by atoms with Crippen LogP contribution in [0.2, 0.25) is 0 Å². The number of methoxy groups -OCH3 is 3. The summed E-state index contributed by atoms with van der Waals surface area (Å²) in [6, 6.07) is 6.92. The molecule has 2 aromatic carbocycles. The van der Waals surface area contributed by atoms with Crippen molar-refractivity contribution in [3.05, 3.63) is 64.9 Å². The van der Waals surface area contributed by atoms with E-state index in [4.69, 9.17) is 24.7 Å². The SMILES string of the molecule is CC[C@@]12C=CCN3CCC4(c5cc([C@@]6(C(=O)OC)CC7CC(C(C)(F)F)CN(CCc8c6[nH]c6ccc(NC(N)=O)cc86)C7)c(OC)cc5N(C)C4[C@](O)(C(=O)OC)[C@H]1OC(C)=O)C32. The Labute approximate surface area is 370 Å². The highest BCUT2D eigenvalue weighted by Crippen LogP contribution is 2.68. The molecule has 0 radical (unpaired) electrons. The summed E-state index contributed by atoms with van der Waals surface area (Å²) in [5, 5.41) is 16.7. The van der Waals surface area contributed by atoms with Crippen LogP contribution in [0.1, 0.15) is 68.8 Å². The van der Waals surface area contributed by atoms with Gasteiger partial charge in [0.25, 0.3) is 0 Å². The van der Waals surface area contributed by atoms with Gasteiger partial charge in [-0.3, -0.25) is 14.5 Å². The number of carbonyl (C=O) groups is 4. The molecule has 17 heteroatoms. The number of urea groups is 1. The molecule has 2 saturated heterocycles. The molecule has 1 aromatic heterocycles. The molecular weight excluding hydrogens is 831 g/mol. The van der Waals surface area contributed by atoms with Gasteiger partial charge in [-0.2, -0.15) is 0 Å². The molecule has 1 spiro atoms. The van der Waals surface area contributed by atoms with Gasteiger partial charge in [0.15, 0.2) is 6.10 Å². The van der Waals surface area contributed by atoms with Crippen molar-refractivity contribution in [2.75, 3.05) is 71.3 Å². The largest absolute Gasteiger partial charge is 0.496 e. The fourth-order valence-corrected chi connectivity index (χ4v) is 13.7. The number of esters is 3. The first kappa shape index (κ1) is 44.0. The van der Waals surface area contributed by atoms with Gasteiger partial charge in [-0.25, -0.2) is 18.4 Å². The third-order valence-electron chi connectivity index (χ3n) is 15.9. The lowest BCUT2D eigenvalue weighted by Gasteiger charge is -2.63. The van der Waals surface area contributed by atoms with Crippen LogP contribution >= 0.6 is 0 Å². The van der Waals surface area contributed by atoms with E-state index in [1.807, 2.05) is 36.1 Å². The van der Waals surface area contributed by atoms with Gasteiger partial charge in [-0.05, 0) is 86.9 Å². The number of likely N-dealkylation sites (N-methyl/N-ethyl adjacent to an activating group) is 1. The lowest BCUT2D eigenvalue weighted by Crippen LogP contribution is -2.81. The average molecular weight is 889 g/mol. The Hall–Kier alpha value is -5.26. The normalized spacial score (nSPS) is 34.0. The van der Waals surface area contributed by atoms with Gasteiger partial charge in [-0.1, -0.05) is 19.1 Å². The molecule has 2 amide bonds. The minimum atomic E-state index is -2.99. The molecule has 6 unspecified atom stereocenters. The first-order valence-electron chi connectivity index (χ1n) is 22.1. The number of hydrogen-bond acceptors (Lipinski definition) is 12. The third-order valence-corrected chi connectivity index (χ3v) is 15.9. The molecule has 6 heterocycles. The summed E-state index contributed by atoms with van der Waals surface area (Å²) in [5.41, 5.74) is 3.53. The second-order valence-corrected chi connectivity index (χ2v) is 19.0. The third kappa shape index (κ3) is 5.98. The molecule has 3 aromatic rings. The highest BCUT2D eigenvalue weighted by atomic mass is 19.3. The Morgan fingerprint density at radius 2 is 1.78 bits per heavy atom. The number of nitrogens with zero attached hydrogens (tertiary/aromatic N) is 3. The molecule has 10 atom stereocenters. The van der Waals surface area contributed by atoms with Crippen LogP contribution in [0.15, 0.2) is 42.5 Å². The molecule has 344 valence electrons. The molecule has 15 nitrogen and oxygen atoms in total. The molecule has 64 heavy (non-hydrogen) atoms. The minimum Gasteiger partial charge on any atom is -0.496 e. The van der Waals surface area contributed by atoms with E-state index in [1.54, 1.807) is 25.2 Å². The Bertz CT molecular complexity index is 2470. The number of primary amides is 1. The van der Waals surface area contributed by atoms with Crippen LogP contribution in [0.25, 0.3) is 10.9 Å². The minimum absolute atomic E-state index is 0.0637. The number of aromatic amines is 1. The van der Waals surface area contributed by atoms with E-state index in [1.165, 1.54) is 28.3 Å². The summed E-state index contributed by atoms with van der Waals surface area (Å²) in [4.78, 5) is 64.8. The molecule has 9 rings (SSSR count). The van der Waals surface area contributed by atoms with Gasteiger partial charge < -0.3 is 49.9 Å². The quantitative estimate of drug-likeness (QED) is 0.140. The summed E-state index contributed by atoms with van der Waals surface area (Å²) in [6.45, 7) is 6.38. The Balaban J connectivity index is 1.36. The van der Waals surface area contributed by atoms with E-state index < -0.39 is 81.7 Å². The van der Waals surface area contributed by atoms with Crippen LogP contribution in [0, 0.1) is 17.3 Å². The van der Waals surface area contributed by atoms with Gasteiger partial charge in [0.1, 0.15) is 11.2 Å². The van der Waals surface area contributed by atoms with E-state index >= 15 is 13.6 Å². The Kier molecular flexibility index (Phi) is 10.4. The van der Waals surface area contributed by atoms with Crippen molar-refractivity contribution in [3.8, 4) is 5.75 Å². The summed E-state index contributed by atoms with van der Waals surface area (Å²) in [7, 11) is 5.82. The second kappa shape index (κ2) is 15.2. The maximum absolute atomic E-state index is 15.5. The Morgan fingerprint density at radius 3 is 2.44 bits per heavy atom. The summed E-state index contributed by atoms with van der Waals surface area (Å²) >= 11 is 0. The monoisotopic (exact) mass is 888 g/mol. The maximum atomic E-state index is 15.5. The molecule has 2 bridgehead atoms.